The highest BCUT2D eigenvalue weighted by Crippen LogP contribution is 2.21. The summed E-state index contributed by atoms with van der Waals surface area (Å²) in [6.07, 6.45) is 3.43. The van der Waals surface area contributed by atoms with Gasteiger partial charge < -0.3 is 4.52 Å². The summed E-state index contributed by atoms with van der Waals surface area (Å²) in [5, 5.41) is 15.1. The second-order valence-electron chi connectivity index (χ2n) is 4.62. The molecule has 0 saturated carbocycles. The van der Waals surface area contributed by atoms with Crippen LogP contribution in [-0.2, 0) is 0 Å². The second kappa shape index (κ2) is 6.41. The van der Waals surface area contributed by atoms with Crippen LogP contribution in [0.15, 0.2) is 53.1 Å². The first kappa shape index (κ1) is 14.9. The summed E-state index contributed by atoms with van der Waals surface area (Å²) in [6.45, 7) is 0. The van der Waals surface area contributed by atoms with Gasteiger partial charge in [0.15, 0.2) is 0 Å². The van der Waals surface area contributed by atoms with Gasteiger partial charge >= 0.3 is 0 Å². The minimum absolute atomic E-state index is 0.0103. The molecule has 2 aromatic carbocycles. The quantitative estimate of drug-likeness (QED) is 0.521. The summed E-state index contributed by atoms with van der Waals surface area (Å²) in [6, 6.07) is 13.3. The lowest BCUT2D eigenvalue weighted by molar-refractivity contribution is -0.384. The highest BCUT2D eigenvalue weighted by Gasteiger charge is 2.09. The van der Waals surface area contributed by atoms with E-state index < -0.39 is 4.92 Å². The van der Waals surface area contributed by atoms with Gasteiger partial charge in [0.2, 0.25) is 5.82 Å². The van der Waals surface area contributed by atoms with E-state index >= 15 is 0 Å². The number of hydrogen-bond acceptors (Lipinski definition) is 5. The van der Waals surface area contributed by atoms with Crippen LogP contribution in [0.2, 0.25) is 5.02 Å². The number of nitro benzene ring substituents is 1. The van der Waals surface area contributed by atoms with Crippen molar-refractivity contribution in [2.45, 2.75) is 0 Å². The SMILES string of the molecule is O=[N+]([O-])c1ccc(-c2noc(C=Cc3ccccc3Cl)n2)cc1. The summed E-state index contributed by atoms with van der Waals surface area (Å²) >= 11 is 6.06. The van der Waals surface area contributed by atoms with Crippen molar-refractivity contribution in [3.8, 4) is 11.4 Å². The molecule has 6 nitrogen and oxygen atoms in total. The van der Waals surface area contributed by atoms with Crippen molar-refractivity contribution >= 4 is 29.4 Å². The van der Waals surface area contributed by atoms with Crippen molar-refractivity contribution in [2.24, 2.45) is 0 Å². The maximum Gasteiger partial charge on any atom is 0.269 e. The average molecular weight is 328 g/mol. The van der Waals surface area contributed by atoms with Crippen LogP contribution in [-0.4, -0.2) is 15.1 Å². The molecule has 3 rings (SSSR count). The Kier molecular flexibility index (Phi) is 4.16. The van der Waals surface area contributed by atoms with Gasteiger partial charge in [0.25, 0.3) is 11.6 Å². The molecule has 7 heteroatoms. The van der Waals surface area contributed by atoms with Gasteiger partial charge in [-0.1, -0.05) is 35.0 Å². The molecule has 0 aliphatic carbocycles. The van der Waals surface area contributed by atoms with Gasteiger partial charge in [-0.15, -0.1) is 0 Å². The maximum absolute atomic E-state index is 10.6. The molecule has 0 bridgehead atoms. The zero-order valence-electron chi connectivity index (χ0n) is 11.7. The predicted molar refractivity (Wildman–Crippen MR) is 86.8 cm³/mol. The third kappa shape index (κ3) is 3.44. The molecule has 0 aliphatic heterocycles. The molecule has 3 aromatic rings. The first-order valence-electron chi connectivity index (χ1n) is 6.64. The van der Waals surface area contributed by atoms with Crippen molar-refractivity contribution in [3.63, 3.8) is 0 Å². The van der Waals surface area contributed by atoms with E-state index in [1.54, 1.807) is 30.4 Å². The zero-order valence-corrected chi connectivity index (χ0v) is 12.5. The number of hydrogen-bond donors (Lipinski definition) is 0. The lowest BCUT2D eigenvalue weighted by atomic mass is 10.2. The normalized spacial score (nSPS) is 11.0. The van der Waals surface area contributed by atoms with E-state index in [0.717, 1.165) is 5.56 Å². The summed E-state index contributed by atoms with van der Waals surface area (Å²) in [5.74, 6) is 0.678. The van der Waals surface area contributed by atoms with Crippen molar-refractivity contribution in [1.82, 2.24) is 10.1 Å². The molecule has 0 spiro atoms. The van der Waals surface area contributed by atoms with Crippen molar-refractivity contribution in [1.29, 1.82) is 0 Å². The summed E-state index contributed by atoms with van der Waals surface area (Å²) in [5.41, 5.74) is 1.48. The first-order chi connectivity index (χ1) is 11.1. The highest BCUT2D eigenvalue weighted by atomic mass is 35.5. The van der Waals surface area contributed by atoms with Gasteiger partial charge in [-0.05, 0) is 29.8 Å². The van der Waals surface area contributed by atoms with Crippen LogP contribution >= 0.6 is 11.6 Å². The monoisotopic (exact) mass is 327 g/mol. The number of nitrogens with zero attached hydrogens (tertiary/aromatic N) is 3. The van der Waals surface area contributed by atoms with E-state index in [1.165, 1.54) is 12.1 Å². The molecule has 23 heavy (non-hydrogen) atoms. The van der Waals surface area contributed by atoms with Crippen LogP contribution < -0.4 is 0 Å². The number of rotatable bonds is 4. The minimum atomic E-state index is -0.461. The maximum atomic E-state index is 10.6. The topological polar surface area (TPSA) is 82.1 Å². The molecule has 0 N–H and O–H groups in total. The Balaban J connectivity index is 1.80. The molecular weight excluding hydrogens is 318 g/mol. The standard InChI is InChI=1S/C16H10ClN3O3/c17-14-4-2-1-3-11(14)7-10-15-18-16(19-23-15)12-5-8-13(9-6-12)20(21)22/h1-10H. The van der Waals surface area contributed by atoms with Crippen molar-refractivity contribution in [2.75, 3.05) is 0 Å². The Bertz CT molecular complexity index is 872. The van der Waals surface area contributed by atoms with Crippen molar-refractivity contribution < 1.29 is 9.45 Å². The van der Waals surface area contributed by atoms with Crippen LogP contribution in [0.3, 0.4) is 0 Å². The lowest BCUT2D eigenvalue weighted by Crippen LogP contribution is -1.87. The number of non-ortho nitro benzene ring substituents is 1. The summed E-state index contributed by atoms with van der Waals surface area (Å²) in [7, 11) is 0. The Morgan fingerprint density at radius 3 is 2.52 bits per heavy atom. The van der Waals surface area contributed by atoms with E-state index in [-0.39, 0.29) is 5.69 Å². The van der Waals surface area contributed by atoms with E-state index in [1.807, 2.05) is 18.2 Å². The summed E-state index contributed by atoms with van der Waals surface area (Å²) < 4.78 is 5.13. The van der Waals surface area contributed by atoms with E-state index in [0.29, 0.717) is 22.3 Å². The molecule has 0 radical (unpaired) electrons. The van der Waals surface area contributed by atoms with Gasteiger partial charge in [-0.2, -0.15) is 4.98 Å². The molecule has 0 fully saturated rings. The summed E-state index contributed by atoms with van der Waals surface area (Å²) in [4.78, 5) is 14.4. The Morgan fingerprint density at radius 1 is 1.09 bits per heavy atom. The van der Waals surface area contributed by atoms with Gasteiger partial charge in [0.05, 0.1) is 4.92 Å². The molecule has 0 saturated heterocycles. The van der Waals surface area contributed by atoms with E-state index in [4.69, 9.17) is 16.1 Å². The Labute approximate surface area is 136 Å². The Hall–Kier alpha value is -2.99. The molecule has 114 valence electrons. The van der Waals surface area contributed by atoms with Gasteiger partial charge in [0.1, 0.15) is 0 Å². The largest absolute Gasteiger partial charge is 0.334 e. The van der Waals surface area contributed by atoms with Crippen LogP contribution in [0.5, 0.6) is 0 Å². The van der Waals surface area contributed by atoms with Gasteiger partial charge in [0, 0.05) is 28.8 Å². The lowest BCUT2D eigenvalue weighted by Gasteiger charge is -1.94. The molecule has 0 atom stereocenters. The minimum Gasteiger partial charge on any atom is -0.334 e. The molecule has 0 aliphatic rings. The smallest absolute Gasteiger partial charge is 0.269 e. The fourth-order valence-corrected chi connectivity index (χ4v) is 2.12. The second-order valence-corrected chi connectivity index (χ2v) is 5.02. The van der Waals surface area contributed by atoms with Gasteiger partial charge in [-0.3, -0.25) is 10.1 Å². The highest BCUT2D eigenvalue weighted by molar-refractivity contribution is 6.32. The molecule has 1 aromatic heterocycles. The van der Waals surface area contributed by atoms with Crippen LogP contribution in [0.25, 0.3) is 23.5 Å². The Morgan fingerprint density at radius 2 is 1.83 bits per heavy atom. The zero-order chi connectivity index (χ0) is 16.2. The number of benzene rings is 2. The molecule has 0 amide bonds. The molecule has 1 heterocycles. The first-order valence-corrected chi connectivity index (χ1v) is 7.02. The molecular formula is C16H10ClN3O3. The van der Waals surface area contributed by atoms with Crippen LogP contribution in [0, 0.1) is 10.1 Å². The fraction of sp³-hybridized carbons (Fsp3) is 0. The number of halogens is 1. The molecule has 0 unspecified atom stereocenters. The predicted octanol–water partition coefficient (Wildman–Crippen LogP) is 4.47. The van der Waals surface area contributed by atoms with E-state index in [2.05, 4.69) is 10.1 Å². The van der Waals surface area contributed by atoms with Crippen LogP contribution in [0.4, 0.5) is 5.69 Å². The average Bonchev–Trinajstić information content (AvgIpc) is 3.03. The van der Waals surface area contributed by atoms with Crippen molar-refractivity contribution in [3.05, 3.63) is 75.1 Å². The fourth-order valence-electron chi connectivity index (χ4n) is 1.92. The van der Waals surface area contributed by atoms with Gasteiger partial charge in [-0.25, -0.2) is 0 Å². The van der Waals surface area contributed by atoms with E-state index in [9.17, 15) is 10.1 Å². The number of aromatic nitrogens is 2. The van der Waals surface area contributed by atoms with Crippen LogP contribution in [0.1, 0.15) is 11.5 Å². The third-order valence-corrected chi connectivity index (χ3v) is 3.43. The number of nitro groups is 1. The third-order valence-electron chi connectivity index (χ3n) is 3.09.